The van der Waals surface area contributed by atoms with E-state index in [1.807, 2.05) is 0 Å². The minimum atomic E-state index is -1.63. The number of halogens is 3. The first kappa shape index (κ1) is 16.8. The summed E-state index contributed by atoms with van der Waals surface area (Å²) < 4.78 is 39.6. The lowest BCUT2D eigenvalue weighted by atomic mass is 10.2. The van der Waals surface area contributed by atoms with E-state index in [2.05, 4.69) is 22.5 Å². The highest BCUT2D eigenvalue weighted by molar-refractivity contribution is 6.03. The van der Waals surface area contributed by atoms with Crippen LogP contribution >= 0.6 is 0 Å². The molecule has 1 aromatic carbocycles. The molecule has 0 aliphatic rings. The molecule has 2 rings (SSSR count). The Kier molecular flexibility index (Phi) is 5.56. The second-order valence-corrected chi connectivity index (χ2v) is 4.89. The third-order valence-electron chi connectivity index (χ3n) is 3.14. The van der Waals surface area contributed by atoms with E-state index in [1.54, 1.807) is 6.07 Å². The second kappa shape index (κ2) is 7.62. The summed E-state index contributed by atoms with van der Waals surface area (Å²) in [7, 11) is 0. The normalized spacial score (nSPS) is 10.4. The summed E-state index contributed by atoms with van der Waals surface area (Å²) in [6.07, 6.45) is 3.44. The summed E-state index contributed by atoms with van der Waals surface area (Å²) >= 11 is 0. The Hall–Kier alpha value is -2.57. The summed E-state index contributed by atoms with van der Waals surface area (Å²) in [6, 6.07) is 4.90. The maximum absolute atomic E-state index is 13.6. The Labute approximate surface area is 131 Å². The quantitative estimate of drug-likeness (QED) is 0.625. The topological polar surface area (TPSA) is 54.0 Å². The van der Waals surface area contributed by atoms with Crippen molar-refractivity contribution in [2.24, 2.45) is 0 Å². The van der Waals surface area contributed by atoms with Crippen molar-refractivity contribution in [3.05, 3.63) is 53.6 Å². The number of amides is 1. The maximum Gasteiger partial charge on any atom is 0.274 e. The van der Waals surface area contributed by atoms with Crippen molar-refractivity contribution in [3.63, 3.8) is 0 Å². The average Bonchev–Trinajstić information content (AvgIpc) is 2.56. The van der Waals surface area contributed by atoms with E-state index in [0.29, 0.717) is 5.69 Å². The number of pyridine rings is 1. The van der Waals surface area contributed by atoms with Gasteiger partial charge in [-0.1, -0.05) is 13.3 Å². The fourth-order valence-electron chi connectivity index (χ4n) is 1.88. The molecule has 2 N–H and O–H groups in total. The molecule has 0 saturated carbocycles. The molecule has 0 saturated heterocycles. The van der Waals surface area contributed by atoms with Crippen LogP contribution in [0, 0.1) is 17.5 Å². The fraction of sp³-hybridized carbons (Fsp3) is 0.250. The predicted molar refractivity (Wildman–Crippen MR) is 81.9 cm³/mol. The molecule has 0 spiro atoms. The van der Waals surface area contributed by atoms with Crippen molar-refractivity contribution in [1.82, 2.24) is 4.98 Å². The minimum Gasteiger partial charge on any atom is -0.385 e. The number of anilines is 2. The Balaban J connectivity index is 2.12. The van der Waals surface area contributed by atoms with Crippen molar-refractivity contribution in [1.29, 1.82) is 0 Å². The van der Waals surface area contributed by atoms with Gasteiger partial charge in [-0.2, -0.15) is 0 Å². The van der Waals surface area contributed by atoms with Crippen LogP contribution in [0.4, 0.5) is 24.5 Å². The lowest BCUT2D eigenvalue weighted by Gasteiger charge is -2.09. The summed E-state index contributed by atoms with van der Waals surface area (Å²) in [5, 5.41) is 5.31. The molecule has 0 bridgehead atoms. The number of aromatic nitrogens is 1. The summed E-state index contributed by atoms with van der Waals surface area (Å²) in [4.78, 5) is 16.0. The van der Waals surface area contributed by atoms with E-state index < -0.39 is 29.0 Å². The monoisotopic (exact) mass is 323 g/mol. The van der Waals surface area contributed by atoms with Crippen LogP contribution in [0.25, 0.3) is 0 Å². The molecular formula is C16H16F3N3O. The third-order valence-corrected chi connectivity index (χ3v) is 3.14. The highest BCUT2D eigenvalue weighted by Gasteiger charge is 2.16. The zero-order valence-electron chi connectivity index (χ0n) is 12.5. The first-order valence-corrected chi connectivity index (χ1v) is 7.17. The molecule has 1 aromatic heterocycles. The van der Waals surface area contributed by atoms with Gasteiger partial charge in [-0.3, -0.25) is 9.78 Å². The van der Waals surface area contributed by atoms with Crippen LogP contribution in [0.3, 0.4) is 0 Å². The van der Waals surface area contributed by atoms with Gasteiger partial charge in [0.2, 0.25) is 0 Å². The number of hydrogen-bond acceptors (Lipinski definition) is 3. The third kappa shape index (κ3) is 4.21. The number of benzene rings is 1. The molecule has 23 heavy (non-hydrogen) atoms. The second-order valence-electron chi connectivity index (χ2n) is 4.89. The van der Waals surface area contributed by atoms with Gasteiger partial charge in [-0.25, -0.2) is 13.2 Å². The van der Waals surface area contributed by atoms with Gasteiger partial charge < -0.3 is 10.6 Å². The predicted octanol–water partition coefficient (Wildman–Crippen LogP) is 3.96. The van der Waals surface area contributed by atoms with Crippen LogP contribution in [0.5, 0.6) is 0 Å². The number of hydrogen-bond donors (Lipinski definition) is 2. The molecule has 0 unspecified atom stereocenters. The van der Waals surface area contributed by atoms with Crippen LogP contribution < -0.4 is 10.6 Å². The fourth-order valence-corrected chi connectivity index (χ4v) is 1.88. The smallest absolute Gasteiger partial charge is 0.274 e. The molecule has 0 fully saturated rings. The standard InChI is InChI=1S/C16H16F3N3O/c1-2-3-7-20-10-6-8-21-13(9-10)16(23)22-12-5-4-11(17)14(18)15(12)19/h4-6,8-9H,2-3,7H2,1H3,(H,20,21)(H,22,23). The zero-order chi connectivity index (χ0) is 16.8. The molecule has 1 heterocycles. The molecule has 122 valence electrons. The summed E-state index contributed by atoms with van der Waals surface area (Å²) in [5.74, 6) is -5.11. The lowest BCUT2D eigenvalue weighted by molar-refractivity contribution is 0.102. The van der Waals surface area contributed by atoms with Crippen LogP contribution in [0.15, 0.2) is 30.5 Å². The van der Waals surface area contributed by atoms with E-state index >= 15 is 0 Å². The molecular weight excluding hydrogens is 307 g/mol. The van der Waals surface area contributed by atoms with Gasteiger partial charge in [0, 0.05) is 18.4 Å². The van der Waals surface area contributed by atoms with Gasteiger partial charge in [-0.05, 0) is 30.7 Å². The molecule has 2 aromatic rings. The van der Waals surface area contributed by atoms with Crippen molar-refractivity contribution in [2.45, 2.75) is 19.8 Å². The molecule has 0 radical (unpaired) electrons. The number of nitrogens with one attached hydrogen (secondary N) is 2. The summed E-state index contributed by atoms with van der Waals surface area (Å²) in [6.45, 7) is 2.81. The SMILES string of the molecule is CCCCNc1ccnc(C(=O)Nc2ccc(F)c(F)c2F)c1. The van der Waals surface area contributed by atoms with Crippen LogP contribution in [0.2, 0.25) is 0 Å². The lowest BCUT2D eigenvalue weighted by Crippen LogP contribution is -2.16. The highest BCUT2D eigenvalue weighted by atomic mass is 19.2. The Morgan fingerprint density at radius 2 is 1.96 bits per heavy atom. The van der Waals surface area contributed by atoms with E-state index in [0.717, 1.165) is 31.5 Å². The maximum atomic E-state index is 13.6. The largest absolute Gasteiger partial charge is 0.385 e. The van der Waals surface area contributed by atoms with E-state index in [-0.39, 0.29) is 5.69 Å². The molecule has 7 heteroatoms. The molecule has 0 aliphatic carbocycles. The zero-order valence-corrected chi connectivity index (χ0v) is 12.5. The van der Waals surface area contributed by atoms with Gasteiger partial charge in [0.05, 0.1) is 5.69 Å². The number of carbonyl (C=O) groups excluding carboxylic acids is 1. The number of carbonyl (C=O) groups is 1. The van der Waals surface area contributed by atoms with Gasteiger partial charge >= 0.3 is 0 Å². The number of rotatable bonds is 6. The first-order chi connectivity index (χ1) is 11.0. The van der Waals surface area contributed by atoms with Gasteiger partial charge in [0.15, 0.2) is 17.5 Å². The highest BCUT2D eigenvalue weighted by Crippen LogP contribution is 2.20. The van der Waals surface area contributed by atoms with Crippen LogP contribution in [-0.2, 0) is 0 Å². The number of unbranched alkanes of at least 4 members (excludes halogenated alkanes) is 1. The molecule has 0 atom stereocenters. The van der Waals surface area contributed by atoms with Crippen molar-refractivity contribution in [2.75, 3.05) is 17.2 Å². The van der Waals surface area contributed by atoms with Crippen molar-refractivity contribution in [3.8, 4) is 0 Å². The Bertz CT molecular complexity index is 707. The molecule has 4 nitrogen and oxygen atoms in total. The molecule has 1 amide bonds. The van der Waals surface area contributed by atoms with Crippen molar-refractivity contribution >= 4 is 17.3 Å². The van der Waals surface area contributed by atoms with Gasteiger partial charge in [-0.15, -0.1) is 0 Å². The Morgan fingerprint density at radius 1 is 1.17 bits per heavy atom. The molecule has 0 aliphatic heterocycles. The Morgan fingerprint density at radius 3 is 2.70 bits per heavy atom. The minimum absolute atomic E-state index is 0.0376. The van der Waals surface area contributed by atoms with Crippen molar-refractivity contribution < 1.29 is 18.0 Å². The van der Waals surface area contributed by atoms with E-state index in [4.69, 9.17) is 0 Å². The van der Waals surface area contributed by atoms with Crippen LogP contribution in [-0.4, -0.2) is 17.4 Å². The number of nitrogens with zero attached hydrogens (tertiary/aromatic N) is 1. The van der Waals surface area contributed by atoms with Crippen LogP contribution in [0.1, 0.15) is 30.3 Å². The van der Waals surface area contributed by atoms with E-state index in [1.165, 1.54) is 12.3 Å². The first-order valence-electron chi connectivity index (χ1n) is 7.17. The van der Waals surface area contributed by atoms with Gasteiger partial charge in [0.1, 0.15) is 5.69 Å². The van der Waals surface area contributed by atoms with Gasteiger partial charge in [0.25, 0.3) is 5.91 Å². The summed E-state index contributed by atoms with van der Waals surface area (Å²) in [5.41, 5.74) is 0.292. The average molecular weight is 323 g/mol. The van der Waals surface area contributed by atoms with E-state index in [9.17, 15) is 18.0 Å².